The number of hydrogen-bond donors (Lipinski definition) is 1. The molecule has 5 heteroatoms. The molecule has 1 aromatic rings. The van der Waals surface area contributed by atoms with Gasteiger partial charge < -0.3 is 10.2 Å². The van der Waals surface area contributed by atoms with E-state index >= 15 is 0 Å². The van der Waals surface area contributed by atoms with Gasteiger partial charge in [0.2, 0.25) is 5.91 Å². The van der Waals surface area contributed by atoms with E-state index in [1.807, 2.05) is 17.0 Å². The van der Waals surface area contributed by atoms with Gasteiger partial charge in [-0.05, 0) is 55.8 Å². The maximum absolute atomic E-state index is 12.3. The molecule has 2 fully saturated rings. The number of amides is 1. The van der Waals surface area contributed by atoms with Crippen LogP contribution < -0.4 is 5.32 Å². The van der Waals surface area contributed by atoms with Gasteiger partial charge in [0.05, 0.1) is 6.54 Å². The lowest BCUT2D eigenvalue weighted by molar-refractivity contribution is -0.131. The van der Waals surface area contributed by atoms with Crippen LogP contribution in [0.3, 0.4) is 0 Å². The van der Waals surface area contributed by atoms with Gasteiger partial charge in [0, 0.05) is 25.0 Å². The highest BCUT2D eigenvalue weighted by Crippen LogP contribution is 2.29. The van der Waals surface area contributed by atoms with Crippen molar-refractivity contribution in [1.29, 1.82) is 0 Å². The molecule has 2 saturated carbocycles. The van der Waals surface area contributed by atoms with E-state index in [-0.39, 0.29) is 18.3 Å². The van der Waals surface area contributed by atoms with E-state index in [2.05, 4.69) is 10.3 Å². The number of nitrogens with one attached hydrogen (secondary N) is 1. The fraction of sp³-hybridized carbons (Fsp3) is 0.600. The number of nitrogens with zero attached hydrogens (tertiary/aromatic N) is 2. The Morgan fingerprint density at radius 1 is 1.25 bits per heavy atom. The molecular weight excluding hydrogens is 274 g/mol. The highest BCUT2D eigenvalue weighted by atomic mass is 35.5. The average molecular weight is 296 g/mol. The van der Waals surface area contributed by atoms with Gasteiger partial charge in [-0.25, -0.2) is 0 Å². The molecule has 0 atom stereocenters. The summed E-state index contributed by atoms with van der Waals surface area (Å²) in [5, 5.41) is 3.29. The van der Waals surface area contributed by atoms with E-state index < -0.39 is 0 Å². The maximum Gasteiger partial charge on any atom is 0.237 e. The summed E-state index contributed by atoms with van der Waals surface area (Å²) in [6.07, 6.45) is 8.53. The van der Waals surface area contributed by atoms with Gasteiger partial charge in [0.25, 0.3) is 0 Å². The quantitative estimate of drug-likeness (QED) is 0.837. The molecule has 0 spiro atoms. The van der Waals surface area contributed by atoms with Gasteiger partial charge >= 0.3 is 0 Å². The zero-order valence-electron chi connectivity index (χ0n) is 11.6. The number of rotatable bonds is 7. The summed E-state index contributed by atoms with van der Waals surface area (Å²) in [5.74, 6) is 1.06. The van der Waals surface area contributed by atoms with E-state index in [0.717, 1.165) is 37.4 Å². The minimum atomic E-state index is 0. The van der Waals surface area contributed by atoms with Gasteiger partial charge in [0.15, 0.2) is 0 Å². The first kappa shape index (κ1) is 15.3. The van der Waals surface area contributed by atoms with Crippen molar-refractivity contribution in [2.75, 3.05) is 13.1 Å². The standard InChI is InChI=1S/C15H21N3O.ClH/c19-15(10-17-9-12-1-2-12)18(14-3-4-14)11-13-5-7-16-8-6-13;/h5-8,12,14,17H,1-4,9-11H2;1H. The van der Waals surface area contributed by atoms with Crippen molar-refractivity contribution in [3.05, 3.63) is 30.1 Å². The lowest BCUT2D eigenvalue weighted by Crippen LogP contribution is -2.39. The molecule has 2 aliphatic carbocycles. The average Bonchev–Trinajstić information content (AvgIpc) is 3.29. The van der Waals surface area contributed by atoms with Crippen molar-refractivity contribution in [1.82, 2.24) is 15.2 Å². The molecule has 20 heavy (non-hydrogen) atoms. The van der Waals surface area contributed by atoms with Crippen LogP contribution in [0.2, 0.25) is 0 Å². The Kier molecular flexibility index (Phi) is 5.38. The molecule has 1 amide bonds. The maximum atomic E-state index is 12.3. The smallest absolute Gasteiger partial charge is 0.237 e. The zero-order valence-corrected chi connectivity index (χ0v) is 12.4. The van der Waals surface area contributed by atoms with Gasteiger partial charge in [-0.2, -0.15) is 0 Å². The second-order valence-electron chi connectivity index (χ2n) is 5.68. The third kappa shape index (κ3) is 4.46. The number of carbonyl (C=O) groups is 1. The van der Waals surface area contributed by atoms with Crippen LogP contribution in [-0.4, -0.2) is 34.9 Å². The van der Waals surface area contributed by atoms with Crippen molar-refractivity contribution in [2.45, 2.75) is 38.3 Å². The third-order valence-electron chi connectivity index (χ3n) is 3.82. The molecule has 0 aromatic carbocycles. The van der Waals surface area contributed by atoms with E-state index in [1.54, 1.807) is 12.4 Å². The summed E-state index contributed by atoms with van der Waals surface area (Å²) < 4.78 is 0. The molecule has 0 unspecified atom stereocenters. The Morgan fingerprint density at radius 3 is 2.55 bits per heavy atom. The van der Waals surface area contributed by atoms with Crippen LogP contribution in [0.1, 0.15) is 31.2 Å². The molecule has 3 rings (SSSR count). The van der Waals surface area contributed by atoms with Crippen molar-refractivity contribution in [3.8, 4) is 0 Å². The van der Waals surface area contributed by atoms with Crippen LogP contribution in [0, 0.1) is 5.92 Å². The number of carbonyl (C=O) groups excluding carboxylic acids is 1. The van der Waals surface area contributed by atoms with E-state index in [9.17, 15) is 4.79 Å². The molecule has 0 aliphatic heterocycles. The Morgan fingerprint density at radius 2 is 1.95 bits per heavy atom. The molecule has 1 heterocycles. The number of halogens is 1. The predicted molar refractivity (Wildman–Crippen MR) is 80.7 cm³/mol. The molecule has 1 aromatic heterocycles. The summed E-state index contributed by atoms with van der Waals surface area (Å²) in [6.45, 7) is 2.20. The monoisotopic (exact) mass is 295 g/mol. The fourth-order valence-corrected chi connectivity index (χ4v) is 2.30. The van der Waals surface area contributed by atoms with Gasteiger partial charge in [-0.1, -0.05) is 0 Å². The Balaban J connectivity index is 0.00000147. The fourth-order valence-electron chi connectivity index (χ4n) is 2.30. The molecule has 2 aliphatic rings. The second-order valence-corrected chi connectivity index (χ2v) is 5.68. The van der Waals surface area contributed by atoms with E-state index in [1.165, 1.54) is 12.8 Å². The van der Waals surface area contributed by atoms with Crippen LogP contribution in [0.25, 0.3) is 0 Å². The minimum Gasteiger partial charge on any atom is -0.334 e. The van der Waals surface area contributed by atoms with E-state index in [0.29, 0.717) is 12.6 Å². The van der Waals surface area contributed by atoms with Crippen LogP contribution in [0.5, 0.6) is 0 Å². The van der Waals surface area contributed by atoms with Crippen molar-refractivity contribution >= 4 is 18.3 Å². The molecule has 110 valence electrons. The summed E-state index contributed by atoms with van der Waals surface area (Å²) in [5.41, 5.74) is 1.16. The van der Waals surface area contributed by atoms with Gasteiger partial charge in [-0.15, -0.1) is 12.4 Å². The van der Waals surface area contributed by atoms with Crippen LogP contribution >= 0.6 is 12.4 Å². The first-order chi connectivity index (χ1) is 9.33. The lowest BCUT2D eigenvalue weighted by atomic mass is 10.2. The number of aromatic nitrogens is 1. The molecular formula is C15H22ClN3O. The number of hydrogen-bond acceptors (Lipinski definition) is 3. The SMILES string of the molecule is Cl.O=C(CNCC1CC1)N(Cc1ccncc1)C1CC1. The second kappa shape index (κ2) is 7.04. The zero-order chi connectivity index (χ0) is 13.1. The van der Waals surface area contributed by atoms with Gasteiger partial charge in [-0.3, -0.25) is 9.78 Å². The number of pyridine rings is 1. The summed E-state index contributed by atoms with van der Waals surface area (Å²) in [7, 11) is 0. The normalized spacial score (nSPS) is 17.4. The van der Waals surface area contributed by atoms with Crippen LogP contribution in [-0.2, 0) is 11.3 Å². The highest BCUT2D eigenvalue weighted by molar-refractivity contribution is 5.85. The highest BCUT2D eigenvalue weighted by Gasteiger charge is 2.32. The molecule has 0 bridgehead atoms. The minimum absolute atomic E-state index is 0. The van der Waals surface area contributed by atoms with Gasteiger partial charge in [0.1, 0.15) is 0 Å². The molecule has 4 nitrogen and oxygen atoms in total. The van der Waals surface area contributed by atoms with Crippen molar-refractivity contribution in [2.24, 2.45) is 5.92 Å². The van der Waals surface area contributed by atoms with Crippen molar-refractivity contribution < 1.29 is 4.79 Å². The molecule has 1 N–H and O–H groups in total. The predicted octanol–water partition coefficient (Wildman–Crippen LogP) is 1.99. The first-order valence-corrected chi connectivity index (χ1v) is 7.22. The van der Waals surface area contributed by atoms with Crippen molar-refractivity contribution in [3.63, 3.8) is 0 Å². The molecule has 0 radical (unpaired) electrons. The van der Waals surface area contributed by atoms with Crippen LogP contribution in [0.15, 0.2) is 24.5 Å². The first-order valence-electron chi connectivity index (χ1n) is 7.22. The largest absolute Gasteiger partial charge is 0.334 e. The van der Waals surface area contributed by atoms with E-state index in [4.69, 9.17) is 0 Å². The van der Waals surface area contributed by atoms with Crippen LogP contribution in [0.4, 0.5) is 0 Å². The Hall–Kier alpha value is -1.13. The Labute approximate surface area is 126 Å². The summed E-state index contributed by atoms with van der Waals surface area (Å²) >= 11 is 0. The third-order valence-corrected chi connectivity index (χ3v) is 3.82. The summed E-state index contributed by atoms with van der Waals surface area (Å²) in [6, 6.07) is 4.43. The molecule has 0 saturated heterocycles. The topological polar surface area (TPSA) is 45.2 Å². The Bertz CT molecular complexity index is 432. The summed E-state index contributed by atoms with van der Waals surface area (Å²) in [4.78, 5) is 18.3. The lowest BCUT2D eigenvalue weighted by Gasteiger charge is -2.22.